The van der Waals surface area contributed by atoms with Gasteiger partial charge in [0.1, 0.15) is 11.5 Å². The Kier molecular flexibility index (Phi) is 4.87. The molecule has 0 N–H and O–H groups in total. The molecule has 0 unspecified atom stereocenters. The monoisotopic (exact) mass is 432 g/mol. The molecule has 18 heavy (non-hydrogen) atoms. The van der Waals surface area contributed by atoms with Gasteiger partial charge in [-0.05, 0) is 64.3 Å². The normalized spacial score (nSPS) is 10.4. The van der Waals surface area contributed by atoms with Gasteiger partial charge >= 0.3 is 0 Å². The quantitative estimate of drug-likeness (QED) is 0.522. The first-order chi connectivity index (χ1) is 8.60. The lowest BCUT2D eigenvalue weighted by atomic mass is 10.2. The lowest BCUT2D eigenvalue weighted by Gasteiger charge is -2.10. The average molecular weight is 435 g/mol. The number of benzene rings is 2. The van der Waals surface area contributed by atoms with Gasteiger partial charge in [-0.25, -0.2) is 0 Å². The number of aryl methyl sites for hydroxylation is 1. The molecule has 0 aliphatic rings. The fourth-order valence-corrected chi connectivity index (χ4v) is 2.62. The Bertz CT molecular complexity index is 567. The van der Waals surface area contributed by atoms with Crippen molar-refractivity contribution in [1.29, 1.82) is 0 Å². The van der Waals surface area contributed by atoms with Crippen LogP contribution in [0.5, 0.6) is 11.5 Å². The first-order valence-corrected chi connectivity index (χ1v) is 8.09. The molecule has 2 rings (SSSR count). The van der Waals surface area contributed by atoms with Gasteiger partial charge in [0.25, 0.3) is 0 Å². The van der Waals surface area contributed by atoms with Gasteiger partial charge in [-0.3, -0.25) is 0 Å². The molecule has 0 atom stereocenters. The summed E-state index contributed by atoms with van der Waals surface area (Å²) in [6, 6.07) is 12.0. The lowest BCUT2D eigenvalue weighted by Crippen LogP contribution is -1.88. The maximum absolute atomic E-state index is 5.86. The Hall–Kier alpha value is -0.320. The molecule has 0 fully saturated rings. The van der Waals surface area contributed by atoms with Gasteiger partial charge in [0, 0.05) is 9.80 Å². The van der Waals surface area contributed by atoms with Crippen molar-refractivity contribution < 1.29 is 4.74 Å². The summed E-state index contributed by atoms with van der Waals surface area (Å²) in [5.41, 5.74) is 2.36. The minimum atomic E-state index is 0.821. The molecule has 0 bridgehead atoms. The molecule has 0 saturated carbocycles. The summed E-state index contributed by atoms with van der Waals surface area (Å²) in [6.07, 6.45) is 0. The molecule has 94 valence electrons. The Morgan fingerprint density at radius 1 is 1.00 bits per heavy atom. The summed E-state index contributed by atoms with van der Waals surface area (Å²) in [6.45, 7) is 2.04. The van der Waals surface area contributed by atoms with Crippen molar-refractivity contribution in [2.45, 2.75) is 12.3 Å². The Labute approximate surface area is 132 Å². The van der Waals surface area contributed by atoms with Crippen LogP contribution in [0.4, 0.5) is 0 Å². The van der Waals surface area contributed by atoms with Crippen molar-refractivity contribution >= 4 is 47.8 Å². The topological polar surface area (TPSA) is 9.23 Å². The number of halogens is 3. The van der Waals surface area contributed by atoms with Crippen LogP contribution < -0.4 is 4.74 Å². The van der Waals surface area contributed by atoms with E-state index in [0.717, 1.165) is 31.3 Å². The fourth-order valence-electron chi connectivity index (χ4n) is 1.52. The van der Waals surface area contributed by atoms with E-state index in [9.17, 15) is 0 Å². The number of alkyl halides is 1. The molecule has 2 aromatic rings. The van der Waals surface area contributed by atoms with Crippen LogP contribution in [0.25, 0.3) is 0 Å². The molecule has 0 radical (unpaired) electrons. The Morgan fingerprint density at radius 3 is 2.39 bits per heavy atom. The number of hydrogen-bond acceptors (Lipinski definition) is 1. The second-order valence-corrected chi connectivity index (χ2v) is 6.18. The minimum absolute atomic E-state index is 0.821. The van der Waals surface area contributed by atoms with Crippen LogP contribution >= 0.6 is 47.8 Å². The Balaban J connectivity index is 2.25. The smallest absolute Gasteiger partial charge is 0.141 e. The summed E-state index contributed by atoms with van der Waals surface area (Å²) < 4.78 is 7.91. The van der Waals surface area contributed by atoms with Crippen LogP contribution in [0.1, 0.15) is 11.1 Å². The second kappa shape index (κ2) is 6.22. The third-order valence-corrected chi connectivity index (χ3v) is 4.66. The van der Waals surface area contributed by atoms with Gasteiger partial charge in [-0.2, -0.15) is 0 Å². The summed E-state index contributed by atoms with van der Waals surface area (Å²) in [5.74, 6) is 1.66. The Morgan fingerprint density at radius 2 is 1.78 bits per heavy atom. The van der Waals surface area contributed by atoms with Crippen molar-refractivity contribution in [1.82, 2.24) is 0 Å². The standard InChI is InChI=1S/C14H11Br3O/c1-9-6-11(3-4-12(9)16)18-14-5-2-10(8-15)7-13(14)17/h2-7H,8H2,1H3. The molecular formula is C14H11Br3O. The molecule has 0 aliphatic carbocycles. The van der Waals surface area contributed by atoms with Crippen LogP contribution in [0.15, 0.2) is 45.3 Å². The molecule has 0 aliphatic heterocycles. The fraction of sp³-hybridized carbons (Fsp3) is 0.143. The van der Waals surface area contributed by atoms with Crippen LogP contribution in [0, 0.1) is 6.92 Å². The molecule has 0 saturated heterocycles. The van der Waals surface area contributed by atoms with Gasteiger partial charge in [0.2, 0.25) is 0 Å². The van der Waals surface area contributed by atoms with Crippen molar-refractivity contribution in [3.8, 4) is 11.5 Å². The molecular weight excluding hydrogens is 424 g/mol. The van der Waals surface area contributed by atoms with Crippen LogP contribution in [-0.4, -0.2) is 0 Å². The van der Waals surface area contributed by atoms with E-state index in [2.05, 4.69) is 53.9 Å². The zero-order chi connectivity index (χ0) is 13.1. The van der Waals surface area contributed by atoms with E-state index in [1.165, 1.54) is 5.56 Å². The van der Waals surface area contributed by atoms with Gasteiger partial charge in [0.15, 0.2) is 0 Å². The maximum Gasteiger partial charge on any atom is 0.141 e. The molecule has 1 nitrogen and oxygen atoms in total. The highest BCUT2D eigenvalue weighted by Crippen LogP contribution is 2.32. The van der Waals surface area contributed by atoms with Crippen molar-refractivity contribution in [3.05, 3.63) is 56.5 Å². The predicted molar refractivity (Wildman–Crippen MR) is 85.7 cm³/mol. The highest BCUT2D eigenvalue weighted by atomic mass is 79.9. The van der Waals surface area contributed by atoms with E-state index < -0.39 is 0 Å². The molecule has 0 aromatic heterocycles. The van der Waals surface area contributed by atoms with Crippen molar-refractivity contribution in [2.75, 3.05) is 0 Å². The van der Waals surface area contributed by atoms with Crippen LogP contribution in [0.3, 0.4) is 0 Å². The largest absolute Gasteiger partial charge is 0.456 e. The first kappa shape index (κ1) is 14.1. The molecule has 0 heterocycles. The van der Waals surface area contributed by atoms with E-state index in [1.54, 1.807) is 0 Å². The second-order valence-electron chi connectivity index (χ2n) is 3.91. The first-order valence-electron chi connectivity index (χ1n) is 5.38. The highest BCUT2D eigenvalue weighted by molar-refractivity contribution is 9.11. The number of ether oxygens (including phenoxy) is 1. The highest BCUT2D eigenvalue weighted by Gasteiger charge is 2.05. The summed E-state index contributed by atoms with van der Waals surface area (Å²) in [7, 11) is 0. The van der Waals surface area contributed by atoms with Crippen molar-refractivity contribution in [3.63, 3.8) is 0 Å². The zero-order valence-corrected chi connectivity index (χ0v) is 14.5. The van der Waals surface area contributed by atoms with Gasteiger partial charge in [-0.1, -0.05) is 37.9 Å². The molecule has 0 spiro atoms. The number of hydrogen-bond donors (Lipinski definition) is 0. The van der Waals surface area contributed by atoms with Gasteiger partial charge < -0.3 is 4.74 Å². The average Bonchev–Trinajstić information content (AvgIpc) is 2.36. The van der Waals surface area contributed by atoms with Crippen molar-refractivity contribution in [2.24, 2.45) is 0 Å². The molecule has 4 heteroatoms. The summed E-state index contributed by atoms with van der Waals surface area (Å²) in [5, 5.41) is 0.837. The molecule has 2 aromatic carbocycles. The van der Waals surface area contributed by atoms with E-state index >= 15 is 0 Å². The lowest BCUT2D eigenvalue weighted by molar-refractivity contribution is 0.479. The minimum Gasteiger partial charge on any atom is -0.456 e. The molecule has 0 amide bonds. The number of rotatable bonds is 3. The van der Waals surface area contributed by atoms with E-state index in [0.29, 0.717) is 0 Å². The van der Waals surface area contributed by atoms with E-state index in [1.807, 2.05) is 37.3 Å². The zero-order valence-electron chi connectivity index (χ0n) is 9.71. The van der Waals surface area contributed by atoms with Gasteiger partial charge in [-0.15, -0.1) is 0 Å². The van der Waals surface area contributed by atoms with E-state index in [-0.39, 0.29) is 0 Å². The van der Waals surface area contributed by atoms with Gasteiger partial charge in [0.05, 0.1) is 4.47 Å². The van der Waals surface area contributed by atoms with E-state index in [4.69, 9.17) is 4.74 Å². The third-order valence-electron chi connectivity index (χ3n) is 2.51. The maximum atomic E-state index is 5.86. The third kappa shape index (κ3) is 3.37. The SMILES string of the molecule is Cc1cc(Oc2ccc(CBr)cc2Br)ccc1Br. The van der Waals surface area contributed by atoms with Crippen LogP contribution in [0.2, 0.25) is 0 Å². The summed E-state index contributed by atoms with van der Waals surface area (Å²) >= 11 is 10.4. The predicted octanol–water partition coefficient (Wildman–Crippen LogP) is 6.21. The van der Waals surface area contributed by atoms with Crippen LogP contribution in [-0.2, 0) is 5.33 Å². The summed E-state index contributed by atoms with van der Waals surface area (Å²) in [4.78, 5) is 0.